The lowest BCUT2D eigenvalue weighted by molar-refractivity contribution is 0.488. The highest BCUT2D eigenvalue weighted by Gasteiger charge is 2.33. The van der Waals surface area contributed by atoms with Gasteiger partial charge in [0.2, 0.25) is 0 Å². The second-order valence-electron chi connectivity index (χ2n) is 6.79. The van der Waals surface area contributed by atoms with Crippen LogP contribution in [0.15, 0.2) is 30.9 Å². The molecule has 0 saturated carbocycles. The third-order valence-corrected chi connectivity index (χ3v) is 5.29. The second kappa shape index (κ2) is 5.61. The Kier molecular flexibility index (Phi) is 3.26. The molecule has 2 aliphatic rings. The summed E-state index contributed by atoms with van der Waals surface area (Å²) >= 11 is 0. The van der Waals surface area contributed by atoms with Crippen LogP contribution in [0.25, 0.3) is 10.9 Å². The molecule has 0 atom stereocenters. The zero-order chi connectivity index (χ0) is 16.8. The molecule has 5 rings (SSSR count). The van der Waals surface area contributed by atoms with E-state index < -0.39 is 0 Å². The summed E-state index contributed by atoms with van der Waals surface area (Å²) in [6, 6.07) is 4.60. The van der Waals surface area contributed by atoms with Crippen molar-refractivity contribution in [2.75, 3.05) is 29.9 Å². The number of likely N-dealkylation sites (N-methyl/N-ethyl adjacent to an activating group) is 1. The summed E-state index contributed by atoms with van der Waals surface area (Å²) in [5.41, 5.74) is 3.43. The fraction of sp³-hybridized carbons (Fsp3) is 0.389. The quantitative estimate of drug-likeness (QED) is 0.721. The maximum absolute atomic E-state index is 4.50. The first-order chi connectivity index (χ1) is 12.3. The lowest BCUT2D eigenvalue weighted by Gasteiger charge is -2.45. The Morgan fingerprint density at radius 3 is 3.00 bits per heavy atom. The van der Waals surface area contributed by atoms with E-state index >= 15 is 0 Å². The standard InChI is InChI=1S/C18H19N7/c1-24(18-14-5-6-19-8-16(14)20-11-21-18)13-9-25(10-13)17-7-12-3-2-4-15(12)22-23-17/h5-8,11,13H,2-4,9-10H2,1H3. The van der Waals surface area contributed by atoms with Gasteiger partial charge in [0.25, 0.3) is 0 Å². The molecule has 0 amide bonds. The number of pyridine rings is 1. The fourth-order valence-electron chi connectivity index (χ4n) is 3.71. The minimum atomic E-state index is 0.404. The highest BCUT2D eigenvalue weighted by atomic mass is 15.4. The Balaban J connectivity index is 1.34. The summed E-state index contributed by atoms with van der Waals surface area (Å²) in [6.45, 7) is 1.86. The van der Waals surface area contributed by atoms with Crippen molar-refractivity contribution in [1.29, 1.82) is 0 Å². The van der Waals surface area contributed by atoms with Crippen LogP contribution in [0.3, 0.4) is 0 Å². The summed E-state index contributed by atoms with van der Waals surface area (Å²) in [5, 5.41) is 9.85. The third kappa shape index (κ3) is 2.38. The zero-order valence-electron chi connectivity index (χ0n) is 14.1. The van der Waals surface area contributed by atoms with Crippen LogP contribution < -0.4 is 9.80 Å². The number of hydrogen-bond donors (Lipinski definition) is 0. The first-order valence-corrected chi connectivity index (χ1v) is 8.67. The number of anilines is 2. The number of hydrogen-bond acceptors (Lipinski definition) is 7. The van der Waals surface area contributed by atoms with Crippen molar-refractivity contribution in [3.8, 4) is 0 Å². The molecule has 0 spiro atoms. The molecule has 1 aliphatic heterocycles. The molecule has 1 saturated heterocycles. The van der Waals surface area contributed by atoms with Gasteiger partial charge in [0.05, 0.1) is 23.4 Å². The van der Waals surface area contributed by atoms with Gasteiger partial charge in [-0.1, -0.05) is 0 Å². The minimum Gasteiger partial charge on any atom is -0.353 e. The summed E-state index contributed by atoms with van der Waals surface area (Å²) in [7, 11) is 2.10. The van der Waals surface area contributed by atoms with Crippen molar-refractivity contribution in [2.45, 2.75) is 25.3 Å². The van der Waals surface area contributed by atoms with Gasteiger partial charge in [0.1, 0.15) is 12.1 Å². The van der Waals surface area contributed by atoms with Gasteiger partial charge < -0.3 is 9.80 Å². The van der Waals surface area contributed by atoms with E-state index in [2.05, 4.69) is 48.1 Å². The normalized spacial score (nSPS) is 16.8. The number of aryl methyl sites for hydroxylation is 2. The van der Waals surface area contributed by atoms with Gasteiger partial charge in [-0.05, 0) is 37.0 Å². The van der Waals surface area contributed by atoms with Crippen LogP contribution in [0.2, 0.25) is 0 Å². The van der Waals surface area contributed by atoms with Gasteiger partial charge in [-0.15, -0.1) is 5.10 Å². The largest absolute Gasteiger partial charge is 0.353 e. The third-order valence-electron chi connectivity index (χ3n) is 5.29. The molecular formula is C18H19N7. The van der Waals surface area contributed by atoms with Gasteiger partial charge >= 0.3 is 0 Å². The van der Waals surface area contributed by atoms with Crippen LogP contribution in [0.4, 0.5) is 11.6 Å². The topological polar surface area (TPSA) is 70.9 Å². The van der Waals surface area contributed by atoms with Gasteiger partial charge in [0, 0.05) is 31.7 Å². The molecule has 7 nitrogen and oxygen atoms in total. The van der Waals surface area contributed by atoms with Crippen molar-refractivity contribution >= 4 is 22.5 Å². The molecule has 0 radical (unpaired) electrons. The lowest BCUT2D eigenvalue weighted by Crippen LogP contribution is -2.59. The van der Waals surface area contributed by atoms with Crippen LogP contribution in [0.5, 0.6) is 0 Å². The SMILES string of the molecule is CN(c1ncnc2cnccc12)C1CN(c2cc3c(nn2)CCC3)C1. The molecule has 0 aromatic carbocycles. The van der Waals surface area contributed by atoms with E-state index in [1.165, 1.54) is 17.7 Å². The molecule has 25 heavy (non-hydrogen) atoms. The summed E-state index contributed by atoms with van der Waals surface area (Å²) in [4.78, 5) is 17.5. The van der Waals surface area contributed by atoms with E-state index in [-0.39, 0.29) is 0 Å². The van der Waals surface area contributed by atoms with Gasteiger partial charge in [-0.25, -0.2) is 9.97 Å². The molecule has 126 valence electrons. The van der Waals surface area contributed by atoms with Gasteiger partial charge in [0.15, 0.2) is 5.82 Å². The van der Waals surface area contributed by atoms with Crippen LogP contribution in [-0.4, -0.2) is 51.3 Å². The summed E-state index contributed by atoms with van der Waals surface area (Å²) in [6.07, 6.45) is 8.59. The highest BCUT2D eigenvalue weighted by molar-refractivity contribution is 5.88. The van der Waals surface area contributed by atoms with E-state index in [4.69, 9.17) is 0 Å². The van der Waals surface area contributed by atoms with Crippen molar-refractivity contribution in [3.05, 3.63) is 42.1 Å². The lowest BCUT2D eigenvalue weighted by atomic mass is 10.1. The first-order valence-electron chi connectivity index (χ1n) is 8.67. The molecule has 3 aromatic rings. The molecule has 1 aliphatic carbocycles. The van der Waals surface area contributed by atoms with Gasteiger partial charge in [-0.2, -0.15) is 5.10 Å². The van der Waals surface area contributed by atoms with E-state index in [9.17, 15) is 0 Å². The smallest absolute Gasteiger partial charge is 0.151 e. The van der Waals surface area contributed by atoms with Crippen molar-refractivity contribution in [1.82, 2.24) is 25.1 Å². The Labute approximate surface area is 145 Å². The monoisotopic (exact) mass is 333 g/mol. The van der Waals surface area contributed by atoms with E-state index in [0.29, 0.717) is 6.04 Å². The maximum Gasteiger partial charge on any atom is 0.151 e. The summed E-state index contributed by atoms with van der Waals surface area (Å²) in [5.74, 6) is 1.96. The van der Waals surface area contributed by atoms with Crippen LogP contribution in [0.1, 0.15) is 17.7 Å². The Bertz CT molecular complexity index is 930. The predicted molar refractivity (Wildman–Crippen MR) is 95.8 cm³/mol. The van der Waals surface area contributed by atoms with E-state index in [0.717, 1.165) is 48.5 Å². The van der Waals surface area contributed by atoms with Crippen molar-refractivity contribution in [2.24, 2.45) is 0 Å². The van der Waals surface area contributed by atoms with Crippen molar-refractivity contribution in [3.63, 3.8) is 0 Å². The predicted octanol–water partition coefficient (Wildman–Crippen LogP) is 1.63. The zero-order valence-corrected chi connectivity index (χ0v) is 14.1. The number of nitrogens with zero attached hydrogens (tertiary/aromatic N) is 7. The average molecular weight is 333 g/mol. The Hall–Kier alpha value is -2.83. The van der Waals surface area contributed by atoms with Gasteiger partial charge in [-0.3, -0.25) is 4.98 Å². The van der Waals surface area contributed by atoms with Crippen LogP contribution in [-0.2, 0) is 12.8 Å². The molecule has 0 unspecified atom stereocenters. The van der Waals surface area contributed by atoms with Crippen LogP contribution in [0, 0.1) is 0 Å². The molecule has 0 N–H and O–H groups in total. The Morgan fingerprint density at radius 2 is 2.08 bits per heavy atom. The molecule has 7 heteroatoms. The number of aromatic nitrogens is 5. The molecule has 1 fully saturated rings. The van der Waals surface area contributed by atoms with Crippen molar-refractivity contribution < 1.29 is 0 Å². The number of rotatable bonds is 3. The average Bonchev–Trinajstić information content (AvgIpc) is 3.07. The second-order valence-corrected chi connectivity index (χ2v) is 6.79. The van der Waals surface area contributed by atoms with E-state index in [1.54, 1.807) is 18.7 Å². The fourth-order valence-corrected chi connectivity index (χ4v) is 3.71. The Morgan fingerprint density at radius 1 is 1.16 bits per heavy atom. The molecular weight excluding hydrogens is 314 g/mol. The molecule has 4 heterocycles. The first kappa shape index (κ1) is 14.5. The van der Waals surface area contributed by atoms with E-state index in [1.807, 2.05) is 6.07 Å². The van der Waals surface area contributed by atoms with Crippen LogP contribution >= 0.6 is 0 Å². The highest BCUT2D eigenvalue weighted by Crippen LogP contribution is 2.29. The maximum atomic E-state index is 4.50. The molecule has 0 bridgehead atoms. The number of fused-ring (bicyclic) bond motifs is 2. The molecule has 3 aromatic heterocycles. The minimum absolute atomic E-state index is 0.404. The summed E-state index contributed by atoms with van der Waals surface area (Å²) < 4.78 is 0.